The van der Waals surface area contributed by atoms with E-state index < -0.39 is 0 Å². The molecule has 1 aromatic heterocycles. The molecule has 1 saturated carbocycles. The minimum atomic E-state index is 0.0347. The number of carbonyl (C=O) groups excluding carboxylic acids is 1. The van der Waals surface area contributed by atoms with Gasteiger partial charge in [0.05, 0.1) is 17.2 Å². The van der Waals surface area contributed by atoms with Crippen LogP contribution in [0, 0.1) is 11.8 Å². The van der Waals surface area contributed by atoms with Crippen LogP contribution in [-0.2, 0) is 11.3 Å². The van der Waals surface area contributed by atoms with Crippen LogP contribution >= 0.6 is 0 Å². The normalized spacial score (nSPS) is 25.3. The summed E-state index contributed by atoms with van der Waals surface area (Å²) < 4.78 is 1.74. The Hall–Kier alpha value is -2.21. The van der Waals surface area contributed by atoms with Crippen LogP contribution in [0.25, 0.3) is 10.9 Å². The molecule has 1 saturated heterocycles. The minimum absolute atomic E-state index is 0.0347. The third-order valence-electron chi connectivity index (χ3n) is 6.82. The first-order valence-electron chi connectivity index (χ1n) is 11.1. The Labute approximate surface area is 172 Å². The lowest BCUT2D eigenvalue weighted by atomic mass is 9.81. The smallest absolute Gasteiger partial charge is 0.261 e. The number of fused-ring (bicyclic) bond motifs is 1. The van der Waals surface area contributed by atoms with Crippen LogP contribution in [0.1, 0.15) is 45.4 Å². The fourth-order valence-electron chi connectivity index (χ4n) is 5.03. The number of hydrogen-bond donors (Lipinski definition) is 1. The van der Waals surface area contributed by atoms with Crippen molar-refractivity contribution in [1.29, 1.82) is 0 Å². The quantitative estimate of drug-likeness (QED) is 0.815. The maximum atomic E-state index is 12.7. The van der Waals surface area contributed by atoms with E-state index in [4.69, 9.17) is 0 Å². The molecule has 0 spiro atoms. The Morgan fingerprint density at radius 3 is 2.76 bits per heavy atom. The van der Waals surface area contributed by atoms with Crippen LogP contribution in [0.15, 0.2) is 35.4 Å². The van der Waals surface area contributed by atoms with Crippen molar-refractivity contribution in [2.24, 2.45) is 11.8 Å². The number of para-hydroxylation sites is 1. The maximum Gasteiger partial charge on any atom is 0.261 e. The summed E-state index contributed by atoms with van der Waals surface area (Å²) in [7, 11) is 0. The zero-order valence-corrected chi connectivity index (χ0v) is 17.3. The monoisotopic (exact) mass is 396 g/mol. The summed E-state index contributed by atoms with van der Waals surface area (Å²) in [6, 6.07) is 8.00. The molecule has 1 aliphatic heterocycles. The first-order chi connectivity index (χ1) is 14.2. The molecule has 1 aliphatic carbocycles. The molecule has 1 atom stereocenters. The average molecular weight is 397 g/mol. The molecule has 2 aliphatic rings. The highest BCUT2D eigenvalue weighted by Crippen LogP contribution is 2.30. The molecule has 29 heavy (non-hydrogen) atoms. The molecule has 4 rings (SSSR count). The summed E-state index contributed by atoms with van der Waals surface area (Å²) in [5.41, 5.74) is 0.783. The van der Waals surface area contributed by atoms with Gasteiger partial charge in [-0.25, -0.2) is 4.98 Å². The Bertz CT molecular complexity index is 901. The van der Waals surface area contributed by atoms with Crippen molar-refractivity contribution in [3.63, 3.8) is 0 Å². The van der Waals surface area contributed by atoms with Crippen LogP contribution in [0.4, 0.5) is 0 Å². The molecule has 2 heterocycles. The lowest BCUT2D eigenvalue weighted by Gasteiger charge is -2.29. The Kier molecular flexibility index (Phi) is 6.28. The van der Waals surface area contributed by atoms with Gasteiger partial charge in [-0.2, -0.15) is 0 Å². The summed E-state index contributed by atoms with van der Waals surface area (Å²) in [6.45, 7) is 5.89. The van der Waals surface area contributed by atoms with Crippen molar-refractivity contribution >= 4 is 16.8 Å². The minimum Gasteiger partial charge on any atom is -0.354 e. The molecular weight excluding hydrogens is 364 g/mol. The van der Waals surface area contributed by atoms with Crippen molar-refractivity contribution in [2.75, 3.05) is 19.6 Å². The Morgan fingerprint density at radius 1 is 1.17 bits per heavy atom. The van der Waals surface area contributed by atoms with Crippen molar-refractivity contribution in [2.45, 2.75) is 58.0 Å². The third-order valence-corrected chi connectivity index (χ3v) is 6.82. The molecule has 0 bridgehead atoms. The molecule has 6 heteroatoms. The second kappa shape index (κ2) is 9.08. The van der Waals surface area contributed by atoms with Crippen molar-refractivity contribution in [3.8, 4) is 0 Å². The SMILES string of the molecule is CCN1CCC[C@@H]1CNC(=O)C1CCC(Cn2cnc3ccccc3c2=O)CC1. The van der Waals surface area contributed by atoms with Gasteiger partial charge < -0.3 is 5.32 Å². The van der Waals surface area contributed by atoms with Crippen molar-refractivity contribution < 1.29 is 4.79 Å². The zero-order valence-electron chi connectivity index (χ0n) is 17.3. The first kappa shape index (κ1) is 20.1. The summed E-state index contributed by atoms with van der Waals surface area (Å²) in [5, 5.41) is 3.88. The topological polar surface area (TPSA) is 67.2 Å². The summed E-state index contributed by atoms with van der Waals surface area (Å²) in [4.78, 5) is 32.2. The van der Waals surface area contributed by atoms with Gasteiger partial charge in [-0.05, 0) is 69.7 Å². The van der Waals surface area contributed by atoms with E-state index in [9.17, 15) is 9.59 Å². The van der Waals surface area contributed by atoms with E-state index in [1.165, 1.54) is 12.8 Å². The van der Waals surface area contributed by atoms with Gasteiger partial charge in [0, 0.05) is 25.0 Å². The number of benzene rings is 1. The number of likely N-dealkylation sites (N-methyl/N-ethyl adjacent to an activating group) is 1. The van der Waals surface area contributed by atoms with Gasteiger partial charge in [0.2, 0.25) is 5.91 Å². The van der Waals surface area contributed by atoms with Crippen LogP contribution in [0.5, 0.6) is 0 Å². The van der Waals surface area contributed by atoms with E-state index in [1.807, 2.05) is 24.3 Å². The molecule has 2 fully saturated rings. The van der Waals surface area contributed by atoms with E-state index in [2.05, 4.69) is 22.1 Å². The summed E-state index contributed by atoms with van der Waals surface area (Å²) in [5.74, 6) is 0.773. The fourth-order valence-corrected chi connectivity index (χ4v) is 5.03. The highest BCUT2D eigenvalue weighted by atomic mass is 16.2. The maximum absolute atomic E-state index is 12.7. The number of rotatable bonds is 6. The lowest BCUT2D eigenvalue weighted by Crippen LogP contribution is -2.42. The van der Waals surface area contributed by atoms with Gasteiger partial charge in [-0.15, -0.1) is 0 Å². The molecule has 6 nitrogen and oxygen atoms in total. The van der Waals surface area contributed by atoms with Crippen LogP contribution < -0.4 is 10.9 Å². The lowest BCUT2D eigenvalue weighted by molar-refractivity contribution is -0.126. The largest absolute Gasteiger partial charge is 0.354 e. The highest BCUT2D eigenvalue weighted by Gasteiger charge is 2.28. The molecule has 0 radical (unpaired) electrons. The molecule has 1 aromatic carbocycles. The van der Waals surface area contributed by atoms with Gasteiger partial charge in [0.1, 0.15) is 0 Å². The Balaban J connectivity index is 1.28. The van der Waals surface area contributed by atoms with Gasteiger partial charge in [-0.3, -0.25) is 19.1 Å². The van der Waals surface area contributed by atoms with E-state index in [1.54, 1.807) is 10.9 Å². The van der Waals surface area contributed by atoms with E-state index >= 15 is 0 Å². The molecule has 156 valence electrons. The molecule has 1 N–H and O–H groups in total. The highest BCUT2D eigenvalue weighted by molar-refractivity contribution is 5.78. The van der Waals surface area contributed by atoms with Crippen LogP contribution in [-0.4, -0.2) is 46.0 Å². The number of nitrogens with zero attached hydrogens (tertiary/aromatic N) is 3. The van der Waals surface area contributed by atoms with Gasteiger partial charge in [-0.1, -0.05) is 19.1 Å². The van der Waals surface area contributed by atoms with E-state index in [-0.39, 0.29) is 17.4 Å². The second-order valence-corrected chi connectivity index (χ2v) is 8.61. The molecule has 2 aromatic rings. The number of carbonyl (C=O) groups is 1. The van der Waals surface area contributed by atoms with Gasteiger partial charge in [0.25, 0.3) is 5.56 Å². The summed E-state index contributed by atoms with van der Waals surface area (Å²) >= 11 is 0. The predicted molar refractivity (Wildman–Crippen MR) is 115 cm³/mol. The number of aromatic nitrogens is 2. The number of nitrogens with one attached hydrogen (secondary N) is 1. The van der Waals surface area contributed by atoms with Gasteiger partial charge in [0.15, 0.2) is 0 Å². The Morgan fingerprint density at radius 2 is 1.97 bits per heavy atom. The number of amides is 1. The standard InChI is InChI=1S/C23H32N4O2/c1-2-26-13-5-6-19(26)14-24-22(28)18-11-9-17(10-12-18)15-27-16-25-21-8-4-3-7-20(21)23(27)29/h3-4,7-8,16-19H,2,5-6,9-15H2,1H3,(H,24,28)/t17?,18?,19-/m1/s1. The third kappa shape index (κ3) is 4.53. The number of hydrogen-bond acceptors (Lipinski definition) is 4. The van der Waals surface area contributed by atoms with Crippen LogP contribution in [0.2, 0.25) is 0 Å². The average Bonchev–Trinajstić information content (AvgIpc) is 3.22. The van der Waals surface area contributed by atoms with Crippen molar-refractivity contribution in [3.05, 3.63) is 40.9 Å². The predicted octanol–water partition coefficient (Wildman–Crippen LogP) is 2.80. The zero-order chi connectivity index (χ0) is 20.2. The fraction of sp³-hybridized carbons (Fsp3) is 0.609. The van der Waals surface area contributed by atoms with Gasteiger partial charge >= 0.3 is 0 Å². The summed E-state index contributed by atoms with van der Waals surface area (Å²) in [6.07, 6.45) is 7.90. The molecule has 0 unspecified atom stereocenters. The van der Waals surface area contributed by atoms with E-state index in [0.29, 0.717) is 23.9 Å². The second-order valence-electron chi connectivity index (χ2n) is 8.61. The van der Waals surface area contributed by atoms with Crippen LogP contribution in [0.3, 0.4) is 0 Å². The number of likely N-dealkylation sites (tertiary alicyclic amines) is 1. The van der Waals surface area contributed by atoms with E-state index in [0.717, 1.165) is 50.8 Å². The van der Waals surface area contributed by atoms with Crippen molar-refractivity contribution in [1.82, 2.24) is 19.8 Å². The first-order valence-corrected chi connectivity index (χ1v) is 11.1. The molecular formula is C23H32N4O2. The molecule has 1 amide bonds.